The lowest BCUT2D eigenvalue weighted by Gasteiger charge is -2.23. The van der Waals surface area contributed by atoms with Crippen molar-refractivity contribution in [2.45, 2.75) is 13.0 Å². The van der Waals surface area contributed by atoms with E-state index in [0.717, 1.165) is 24.1 Å². The first-order valence-electron chi connectivity index (χ1n) is 9.15. The quantitative estimate of drug-likeness (QED) is 0.257. The lowest BCUT2D eigenvalue weighted by Crippen LogP contribution is -2.40. The maximum Gasteiger partial charge on any atom is 0.243 e. The fourth-order valence-corrected chi connectivity index (χ4v) is 2.61. The molecular weight excluding hydrogens is 508 g/mol. The van der Waals surface area contributed by atoms with Crippen LogP contribution in [-0.4, -0.2) is 55.9 Å². The highest BCUT2D eigenvalue weighted by molar-refractivity contribution is 14.0. The van der Waals surface area contributed by atoms with Gasteiger partial charge in [-0.25, -0.2) is 18.2 Å². The summed E-state index contributed by atoms with van der Waals surface area (Å²) in [6, 6.07) is 11.7. The van der Waals surface area contributed by atoms with Gasteiger partial charge in [0.25, 0.3) is 0 Å². The normalized spacial score (nSPS) is 10.9. The van der Waals surface area contributed by atoms with Crippen LogP contribution in [0.4, 0.5) is 13.2 Å². The van der Waals surface area contributed by atoms with Gasteiger partial charge in [0.2, 0.25) is 5.91 Å². The Morgan fingerprint density at radius 1 is 1.00 bits per heavy atom. The number of halogens is 4. The highest BCUT2D eigenvalue weighted by atomic mass is 127. The standard InChI is InChI=1S/C21H25F3N4O.HI/c1-27(2)19(29)13-26-21(25-10-9-15-7-5-4-6-8-15)28(3)14-16-11-17(22)20(24)18(23)12-16;/h4-8,11-12H,9-10,13-14H2,1-3H3,(H,25,26);1H. The Hall–Kier alpha value is -2.30. The Bertz CT molecular complexity index is 840. The Kier molecular flexibility index (Phi) is 10.6. The topological polar surface area (TPSA) is 47.9 Å². The van der Waals surface area contributed by atoms with Crippen LogP contribution < -0.4 is 5.32 Å². The molecule has 0 radical (unpaired) electrons. The van der Waals surface area contributed by atoms with E-state index in [1.165, 1.54) is 4.90 Å². The van der Waals surface area contributed by atoms with Crippen molar-refractivity contribution in [3.05, 3.63) is 71.0 Å². The lowest BCUT2D eigenvalue weighted by atomic mass is 10.1. The average molecular weight is 534 g/mol. The first-order valence-corrected chi connectivity index (χ1v) is 9.15. The molecule has 0 unspecified atom stereocenters. The van der Waals surface area contributed by atoms with Crippen LogP contribution in [0.1, 0.15) is 11.1 Å². The van der Waals surface area contributed by atoms with Crippen LogP contribution in [0, 0.1) is 17.5 Å². The molecule has 9 heteroatoms. The molecule has 0 aliphatic heterocycles. The molecule has 0 aliphatic rings. The van der Waals surface area contributed by atoms with Crippen LogP contribution >= 0.6 is 24.0 Å². The van der Waals surface area contributed by atoms with Gasteiger partial charge in [-0.2, -0.15) is 0 Å². The Morgan fingerprint density at radius 2 is 1.60 bits per heavy atom. The minimum atomic E-state index is -1.50. The minimum absolute atomic E-state index is 0. The third kappa shape index (κ3) is 7.85. The monoisotopic (exact) mass is 534 g/mol. The zero-order valence-electron chi connectivity index (χ0n) is 17.2. The molecule has 1 N–H and O–H groups in total. The van der Waals surface area contributed by atoms with E-state index in [1.54, 1.807) is 26.0 Å². The van der Waals surface area contributed by atoms with Crippen LogP contribution in [0.3, 0.4) is 0 Å². The Labute approximate surface area is 192 Å². The zero-order valence-corrected chi connectivity index (χ0v) is 19.5. The molecular formula is C21H26F3IN4O. The highest BCUT2D eigenvalue weighted by Gasteiger charge is 2.14. The van der Waals surface area contributed by atoms with E-state index < -0.39 is 17.5 Å². The van der Waals surface area contributed by atoms with Gasteiger partial charge in [0.15, 0.2) is 23.4 Å². The summed E-state index contributed by atoms with van der Waals surface area (Å²) in [4.78, 5) is 19.2. The number of nitrogens with zero attached hydrogens (tertiary/aromatic N) is 3. The molecule has 5 nitrogen and oxygen atoms in total. The zero-order chi connectivity index (χ0) is 21.4. The van der Waals surface area contributed by atoms with Crippen LogP contribution in [0.5, 0.6) is 0 Å². The van der Waals surface area contributed by atoms with Crippen molar-refractivity contribution in [1.29, 1.82) is 0 Å². The van der Waals surface area contributed by atoms with Gasteiger partial charge in [-0.1, -0.05) is 30.3 Å². The molecule has 164 valence electrons. The number of rotatable bonds is 7. The molecule has 0 spiro atoms. The van der Waals surface area contributed by atoms with Crippen molar-refractivity contribution in [2.75, 3.05) is 34.2 Å². The molecule has 30 heavy (non-hydrogen) atoms. The predicted molar refractivity (Wildman–Crippen MR) is 122 cm³/mol. The number of aliphatic imine (C=N–C) groups is 1. The van der Waals surface area contributed by atoms with E-state index in [0.29, 0.717) is 12.5 Å². The van der Waals surface area contributed by atoms with Crippen molar-refractivity contribution >= 4 is 35.8 Å². The minimum Gasteiger partial charge on any atom is -0.356 e. The molecule has 0 aromatic heterocycles. The third-order valence-electron chi connectivity index (χ3n) is 4.23. The third-order valence-corrected chi connectivity index (χ3v) is 4.23. The molecule has 0 saturated carbocycles. The number of amides is 1. The van der Waals surface area contributed by atoms with Gasteiger partial charge in [-0.15, -0.1) is 24.0 Å². The summed E-state index contributed by atoms with van der Waals surface area (Å²) in [5, 5.41) is 3.17. The SMILES string of the molecule is CN(C)C(=O)CN=C(NCCc1ccccc1)N(C)Cc1cc(F)c(F)c(F)c1.I. The summed E-state index contributed by atoms with van der Waals surface area (Å²) in [7, 11) is 4.94. The summed E-state index contributed by atoms with van der Waals surface area (Å²) >= 11 is 0. The van der Waals surface area contributed by atoms with Gasteiger partial charge in [0, 0.05) is 34.2 Å². The van der Waals surface area contributed by atoms with Gasteiger partial charge in [-0.05, 0) is 29.7 Å². The summed E-state index contributed by atoms with van der Waals surface area (Å²) in [5.41, 5.74) is 1.38. The number of hydrogen-bond donors (Lipinski definition) is 1. The fraction of sp³-hybridized carbons (Fsp3) is 0.333. The number of hydrogen-bond acceptors (Lipinski definition) is 2. The largest absolute Gasteiger partial charge is 0.356 e. The first-order chi connectivity index (χ1) is 13.8. The van der Waals surface area contributed by atoms with Crippen molar-refractivity contribution in [3.8, 4) is 0 Å². The van der Waals surface area contributed by atoms with Gasteiger partial charge >= 0.3 is 0 Å². The van der Waals surface area contributed by atoms with Crippen LogP contribution in [0.25, 0.3) is 0 Å². The maximum atomic E-state index is 13.5. The molecule has 2 aromatic rings. The molecule has 0 saturated heterocycles. The lowest BCUT2D eigenvalue weighted by molar-refractivity contribution is -0.127. The predicted octanol–water partition coefficient (Wildman–Crippen LogP) is 3.43. The van der Waals surface area contributed by atoms with E-state index >= 15 is 0 Å². The van der Waals surface area contributed by atoms with Crippen molar-refractivity contribution < 1.29 is 18.0 Å². The van der Waals surface area contributed by atoms with Crippen molar-refractivity contribution in [3.63, 3.8) is 0 Å². The summed E-state index contributed by atoms with van der Waals surface area (Å²) in [6.07, 6.45) is 0.731. The second kappa shape index (κ2) is 12.4. The van der Waals surface area contributed by atoms with Crippen molar-refractivity contribution in [1.82, 2.24) is 15.1 Å². The molecule has 0 fully saturated rings. The smallest absolute Gasteiger partial charge is 0.243 e. The second-order valence-corrected chi connectivity index (χ2v) is 6.82. The van der Waals surface area contributed by atoms with Gasteiger partial charge in [-0.3, -0.25) is 4.79 Å². The molecule has 0 bridgehead atoms. The van der Waals surface area contributed by atoms with Crippen LogP contribution in [0.2, 0.25) is 0 Å². The van der Waals surface area contributed by atoms with Crippen LogP contribution in [-0.2, 0) is 17.8 Å². The second-order valence-electron chi connectivity index (χ2n) is 6.82. The summed E-state index contributed by atoms with van der Waals surface area (Å²) in [5.74, 6) is -3.76. The first kappa shape index (κ1) is 25.7. The van der Waals surface area contributed by atoms with E-state index in [2.05, 4.69) is 10.3 Å². The van der Waals surface area contributed by atoms with E-state index in [1.807, 2.05) is 30.3 Å². The highest BCUT2D eigenvalue weighted by Crippen LogP contribution is 2.15. The number of guanidine groups is 1. The van der Waals surface area contributed by atoms with Gasteiger partial charge < -0.3 is 15.1 Å². The van der Waals surface area contributed by atoms with Crippen LogP contribution in [0.15, 0.2) is 47.5 Å². The van der Waals surface area contributed by atoms with E-state index in [9.17, 15) is 18.0 Å². The Balaban J connectivity index is 0.00000450. The van der Waals surface area contributed by atoms with Gasteiger partial charge in [0.1, 0.15) is 6.54 Å². The molecule has 1 amide bonds. The molecule has 0 aliphatic carbocycles. The molecule has 2 aromatic carbocycles. The number of carbonyl (C=O) groups excluding carboxylic acids is 1. The number of benzene rings is 2. The van der Waals surface area contributed by atoms with Gasteiger partial charge in [0.05, 0.1) is 0 Å². The molecule has 0 heterocycles. The number of likely N-dealkylation sites (N-methyl/N-ethyl adjacent to an activating group) is 1. The molecule has 0 atom stereocenters. The van der Waals surface area contributed by atoms with E-state index in [4.69, 9.17) is 0 Å². The summed E-state index contributed by atoms with van der Waals surface area (Å²) < 4.78 is 40.2. The molecule has 2 rings (SSSR count). The van der Waals surface area contributed by atoms with Crippen molar-refractivity contribution in [2.24, 2.45) is 4.99 Å². The Morgan fingerprint density at radius 3 is 2.17 bits per heavy atom. The average Bonchev–Trinajstić information content (AvgIpc) is 2.68. The maximum absolute atomic E-state index is 13.5. The van der Waals surface area contributed by atoms with E-state index in [-0.39, 0.29) is 48.5 Å². The number of nitrogens with one attached hydrogen (secondary N) is 1. The number of carbonyl (C=O) groups is 1. The fourth-order valence-electron chi connectivity index (χ4n) is 2.61. The summed E-state index contributed by atoms with van der Waals surface area (Å²) in [6.45, 7) is 0.564.